The third-order valence-corrected chi connectivity index (χ3v) is 2.73. The van der Waals surface area contributed by atoms with Gasteiger partial charge in [-0.25, -0.2) is 9.97 Å². The zero-order valence-corrected chi connectivity index (χ0v) is 12.6. The maximum atomic E-state index is 5.98. The van der Waals surface area contributed by atoms with Gasteiger partial charge in [0.15, 0.2) is 0 Å². The standard InChI is InChI=1S/C13H22ClN3O2/c1-4-18-8-6-17(7-9-19-5-2)13-10-12(14)15-11(3)16-13/h10H,4-9H2,1-3H3. The summed E-state index contributed by atoms with van der Waals surface area (Å²) >= 11 is 5.98. The number of nitrogens with zero attached hydrogens (tertiary/aromatic N) is 3. The lowest BCUT2D eigenvalue weighted by molar-refractivity contribution is 0.141. The van der Waals surface area contributed by atoms with Gasteiger partial charge in [-0.1, -0.05) is 11.6 Å². The van der Waals surface area contributed by atoms with E-state index in [1.54, 1.807) is 6.07 Å². The third kappa shape index (κ3) is 6.18. The molecule has 0 fully saturated rings. The van der Waals surface area contributed by atoms with Crippen molar-refractivity contribution in [2.24, 2.45) is 0 Å². The van der Waals surface area contributed by atoms with Crippen molar-refractivity contribution < 1.29 is 9.47 Å². The minimum atomic E-state index is 0.459. The molecule has 0 aliphatic carbocycles. The Labute approximate surface area is 119 Å². The number of ether oxygens (including phenoxy) is 2. The highest BCUT2D eigenvalue weighted by Gasteiger charge is 2.10. The van der Waals surface area contributed by atoms with Gasteiger partial charge < -0.3 is 14.4 Å². The normalized spacial score (nSPS) is 10.7. The van der Waals surface area contributed by atoms with E-state index in [2.05, 4.69) is 14.9 Å². The number of aryl methyl sites for hydroxylation is 1. The number of rotatable bonds is 9. The number of hydrogen-bond acceptors (Lipinski definition) is 5. The van der Waals surface area contributed by atoms with Crippen LogP contribution < -0.4 is 4.90 Å². The Kier molecular flexibility index (Phi) is 7.70. The van der Waals surface area contributed by atoms with Crippen LogP contribution in [0.2, 0.25) is 5.15 Å². The quantitative estimate of drug-likeness (QED) is 0.515. The van der Waals surface area contributed by atoms with E-state index < -0.39 is 0 Å². The summed E-state index contributed by atoms with van der Waals surface area (Å²) in [5.41, 5.74) is 0. The fourth-order valence-corrected chi connectivity index (χ4v) is 1.88. The van der Waals surface area contributed by atoms with Gasteiger partial charge in [0, 0.05) is 32.4 Å². The largest absolute Gasteiger partial charge is 0.380 e. The van der Waals surface area contributed by atoms with Crippen molar-refractivity contribution in [1.29, 1.82) is 0 Å². The molecule has 0 saturated heterocycles. The second-order valence-corrected chi connectivity index (χ2v) is 4.36. The van der Waals surface area contributed by atoms with Crippen LogP contribution in [0.5, 0.6) is 0 Å². The molecule has 0 N–H and O–H groups in total. The topological polar surface area (TPSA) is 47.5 Å². The number of halogens is 1. The fraction of sp³-hybridized carbons (Fsp3) is 0.692. The van der Waals surface area contributed by atoms with Crippen LogP contribution in [0.25, 0.3) is 0 Å². The minimum absolute atomic E-state index is 0.459. The highest BCUT2D eigenvalue weighted by atomic mass is 35.5. The molecule has 0 radical (unpaired) electrons. The van der Waals surface area contributed by atoms with Crippen LogP contribution in [0.4, 0.5) is 5.82 Å². The van der Waals surface area contributed by atoms with Crippen LogP contribution in [-0.4, -0.2) is 49.5 Å². The van der Waals surface area contributed by atoms with Gasteiger partial charge in [-0.15, -0.1) is 0 Å². The van der Waals surface area contributed by atoms with Crippen LogP contribution in [0.1, 0.15) is 19.7 Å². The molecule has 0 aliphatic rings. The fourth-order valence-electron chi connectivity index (χ4n) is 1.66. The first-order chi connectivity index (χ1) is 9.17. The highest BCUT2D eigenvalue weighted by molar-refractivity contribution is 6.29. The van der Waals surface area contributed by atoms with E-state index >= 15 is 0 Å². The summed E-state index contributed by atoms with van der Waals surface area (Å²) in [6, 6.07) is 1.77. The van der Waals surface area contributed by atoms with E-state index in [4.69, 9.17) is 21.1 Å². The monoisotopic (exact) mass is 287 g/mol. The van der Waals surface area contributed by atoms with Gasteiger partial charge in [-0.2, -0.15) is 0 Å². The van der Waals surface area contributed by atoms with Gasteiger partial charge in [-0.3, -0.25) is 0 Å². The van der Waals surface area contributed by atoms with Gasteiger partial charge in [-0.05, 0) is 20.8 Å². The Morgan fingerprint density at radius 3 is 2.16 bits per heavy atom. The zero-order chi connectivity index (χ0) is 14.1. The van der Waals surface area contributed by atoms with Gasteiger partial charge >= 0.3 is 0 Å². The molecular formula is C13H22ClN3O2. The summed E-state index contributed by atoms with van der Waals surface area (Å²) in [4.78, 5) is 10.6. The third-order valence-electron chi connectivity index (χ3n) is 2.54. The molecule has 6 heteroatoms. The molecule has 1 heterocycles. The van der Waals surface area contributed by atoms with Gasteiger partial charge in [0.1, 0.15) is 16.8 Å². The molecule has 108 valence electrons. The van der Waals surface area contributed by atoms with Crippen molar-refractivity contribution >= 4 is 17.4 Å². The lowest BCUT2D eigenvalue weighted by atomic mass is 10.4. The first-order valence-corrected chi connectivity index (χ1v) is 6.96. The van der Waals surface area contributed by atoms with Gasteiger partial charge in [0.25, 0.3) is 0 Å². The molecule has 0 amide bonds. The van der Waals surface area contributed by atoms with Crippen molar-refractivity contribution in [2.45, 2.75) is 20.8 Å². The Hall–Kier alpha value is -0.910. The first-order valence-electron chi connectivity index (χ1n) is 6.59. The molecule has 0 atom stereocenters. The summed E-state index contributed by atoms with van der Waals surface area (Å²) in [6.45, 7) is 10.0. The van der Waals surface area contributed by atoms with Crippen molar-refractivity contribution in [1.82, 2.24) is 9.97 Å². The van der Waals surface area contributed by atoms with Crippen LogP contribution >= 0.6 is 11.6 Å². The second kappa shape index (κ2) is 9.07. The zero-order valence-electron chi connectivity index (χ0n) is 11.9. The second-order valence-electron chi connectivity index (χ2n) is 3.98. The molecular weight excluding hydrogens is 266 g/mol. The van der Waals surface area contributed by atoms with E-state index in [1.165, 1.54) is 0 Å². The van der Waals surface area contributed by atoms with E-state index in [-0.39, 0.29) is 0 Å². The molecule has 19 heavy (non-hydrogen) atoms. The van der Waals surface area contributed by atoms with Crippen LogP contribution in [0.3, 0.4) is 0 Å². The molecule has 0 unspecified atom stereocenters. The Morgan fingerprint density at radius 1 is 1.11 bits per heavy atom. The SMILES string of the molecule is CCOCCN(CCOCC)c1cc(Cl)nc(C)n1. The van der Waals surface area contributed by atoms with Crippen LogP contribution in [0.15, 0.2) is 6.07 Å². The van der Waals surface area contributed by atoms with Crippen LogP contribution in [-0.2, 0) is 9.47 Å². The average molecular weight is 288 g/mol. The van der Waals surface area contributed by atoms with E-state index in [0.717, 1.165) is 18.9 Å². The van der Waals surface area contributed by atoms with E-state index in [1.807, 2.05) is 20.8 Å². The smallest absolute Gasteiger partial charge is 0.134 e. The minimum Gasteiger partial charge on any atom is -0.380 e. The number of anilines is 1. The molecule has 0 aromatic carbocycles. The molecule has 5 nitrogen and oxygen atoms in total. The molecule has 0 saturated carbocycles. The lowest BCUT2D eigenvalue weighted by Gasteiger charge is -2.23. The summed E-state index contributed by atoms with van der Waals surface area (Å²) in [5, 5.41) is 0.459. The molecule has 1 aromatic heterocycles. The Bertz CT molecular complexity index is 347. The van der Waals surface area contributed by atoms with Gasteiger partial charge in [0.05, 0.1) is 13.2 Å². The number of aromatic nitrogens is 2. The molecule has 0 aliphatic heterocycles. The van der Waals surface area contributed by atoms with E-state index in [0.29, 0.717) is 37.4 Å². The average Bonchev–Trinajstić information content (AvgIpc) is 2.36. The predicted octanol–water partition coefficient (Wildman–Crippen LogP) is 2.32. The van der Waals surface area contributed by atoms with Gasteiger partial charge in [0.2, 0.25) is 0 Å². The summed E-state index contributed by atoms with van der Waals surface area (Å²) in [6.07, 6.45) is 0. The maximum absolute atomic E-state index is 5.98. The van der Waals surface area contributed by atoms with Crippen molar-refractivity contribution in [2.75, 3.05) is 44.4 Å². The maximum Gasteiger partial charge on any atom is 0.134 e. The van der Waals surface area contributed by atoms with Crippen molar-refractivity contribution in [3.8, 4) is 0 Å². The lowest BCUT2D eigenvalue weighted by Crippen LogP contribution is -2.32. The Morgan fingerprint density at radius 2 is 1.68 bits per heavy atom. The highest BCUT2D eigenvalue weighted by Crippen LogP contribution is 2.15. The van der Waals surface area contributed by atoms with Crippen molar-refractivity contribution in [3.63, 3.8) is 0 Å². The van der Waals surface area contributed by atoms with Crippen LogP contribution in [0, 0.1) is 6.92 Å². The molecule has 1 aromatic rings. The number of hydrogen-bond donors (Lipinski definition) is 0. The summed E-state index contributed by atoms with van der Waals surface area (Å²) in [7, 11) is 0. The first kappa shape index (κ1) is 16.1. The molecule has 0 spiro atoms. The Balaban J connectivity index is 2.69. The molecule has 0 bridgehead atoms. The summed E-state index contributed by atoms with van der Waals surface area (Å²) < 4.78 is 10.8. The molecule has 1 rings (SSSR count). The predicted molar refractivity (Wildman–Crippen MR) is 77.0 cm³/mol. The van der Waals surface area contributed by atoms with E-state index in [9.17, 15) is 0 Å². The summed E-state index contributed by atoms with van der Waals surface area (Å²) in [5.74, 6) is 1.48. The van der Waals surface area contributed by atoms with Crippen molar-refractivity contribution in [3.05, 3.63) is 17.0 Å².